The number of anilines is 1. The zero-order valence-electron chi connectivity index (χ0n) is 19.4. The quantitative estimate of drug-likeness (QED) is 0.459. The molecule has 0 saturated heterocycles. The van der Waals surface area contributed by atoms with Gasteiger partial charge in [-0.15, -0.1) is 6.58 Å². The maximum absolute atomic E-state index is 13.4. The molecule has 1 heterocycles. The van der Waals surface area contributed by atoms with E-state index in [0.29, 0.717) is 11.1 Å². The Kier molecular flexibility index (Phi) is 7.48. The highest BCUT2D eigenvalue weighted by Crippen LogP contribution is 2.41. The van der Waals surface area contributed by atoms with E-state index < -0.39 is 35.7 Å². The molecule has 0 aliphatic carbocycles. The molecule has 2 amide bonds. The molecule has 3 rings (SSSR count). The van der Waals surface area contributed by atoms with Gasteiger partial charge in [-0.2, -0.15) is 18.4 Å². The number of rotatable bonds is 5. The molecule has 1 aliphatic heterocycles. The highest BCUT2D eigenvalue weighted by molar-refractivity contribution is 6.10. The molecule has 11 heteroatoms. The maximum atomic E-state index is 13.4. The van der Waals surface area contributed by atoms with Gasteiger partial charge >= 0.3 is 18.2 Å². The van der Waals surface area contributed by atoms with Crippen molar-refractivity contribution in [2.45, 2.75) is 19.1 Å². The third kappa shape index (κ3) is 4.93. The van der Waals surface area contributed by atoms with Gasteiger partial charge in [0.05, 0.1) is 29.9 Å². The lowest BCUT2D eigenvalue weighted by atomic mass is 9.92. The van der Waals surface area contributed by atoms with Gasteiger partial charge in [0.25, 0.3) is 0 Å². The number of allylic oxidation sites excluding steroid dienone is 1. The number of ether oxygens (including phenoxy) is 1. The van der Waals surface area contributed by atoms with Gasteiger partial charge in [0.15, 0.2) is 0 Å². The van der Waals surface area contributed by atoms with Crippen LogP contribution in [0.1, 0.15) is 29.7 Å². The van der Waals surface area contributed by atoms with Crippen LogP contribution in [0.5, 0.6) is 0 Å². The number of hydrogen-bond donors (Lipinski definition) is 2. The monoisotopic (exact) mass is 497 g/mol. The van der Waals surface area contributed by atoms with E-state index in [0.717, 1.165) is 29.0 Å². The van der Waals surface area contributed by atoms with E-state index in [9.17, 15) is 22.8 Å². The fourth-order valence-corrected chi connectivity index (χ4v) is 3.86. The van der Waals surface area contributed by atoms with Crippen LogP contribution in [0, 0.1) is 16.7 Å². The van der Waals surface area contributed by atoms with Gasteiger partial charge in [-0.1, -0.05) is 24.3 Å². The van der Waals surface area contributed by atoms with Crippen molar-refractivity contribution in [3.63, 3.8) is 0 Å². The Bertz CT molecular complexity index is 1280. The summed E-state index contributed by atoms with van der Waals surface area (Å²) < 4.78 is 45.2. The van der Waals surface area contributed by atoms with E-state index in [1.54, 1.807) is 0 Å². The zero-order valence-corrected chi connectivity index (χ0v) is 19.4. The summed E-state index contributed by atoms with van der Waals surface area (Å²) in [5.41, 5.74) is -0.280. The second-order valence-corrected chi connectivity index (χ2v) is 7.68. The van der Waals surface area contributed by atoms with Crippen LogP contribution in [0.15, 0.2) is 72.5 Å². The van der Waals surface area contributed by atoms with Gasteiger partial charge in [0, 0.05) is 17.9 Å². The Labute approximate surface area is 205 Å². The fourth-order valence-electron chi connectivity index (χ4n) is 3.86. The van der Waals surface area contributed by atoms with E-state index in [-0.39, 0.29) is 23.5 Å². The van der Waals surface area contributed by atoms with Crippen LogP contribution in [0.4, 0.5) is 23.7 Å². The number of benzene rings is 2. The summed E-state index contributed by atoms with van der Waals surface area (Å²) in [5, 5.41) is 20.5. The molecule has 2 aromatic carbocycles. The average Bonchev–Trinajstić information content (AvgIpc) is 2.86. The van der Waals surface area contributed by atoms with Crippen LogP contribution in [-0.4, -0.2) is 36.5 Å². The largest absolute Gasteiger partial charge is 0.466 e. The predicted molar refractivity (Wildman–Crippen MR) is 126 cm³/mol. The molecule has 0 spiro atoms. The molecule has 2 N–H and O–H groups in total. The number of amides is 2. The van der Waals surface area contributed by atoms with Gasteiger partial charge in [0.1, 0.15) is 6.04 Å². The normalized spacial score (nSPS) is 15.9. The summed E-state index contributed by atoms with van der Waals surface area (Å²) in [4.78, 5) is 28.3. The number of halogens is 3. The third-order valence-corrected chi connectivity index (χ3v) is 5.51. The number of hydrogen-bond acceptors (Lipinski definition) is 5. The maximum Gasteiger partial charge on any atom is 0.416 e. The molecule has 1 aliphatic rings. The summed E-state index contributed by atoms with van der Waals surface area (Å²) >= 11 is 0. The van der Waals surface area contributed by atoms with Crippen molar-refractivity contribution in [3.05, 3.63) is 89.1 Å². The first-order valence-corrected chi connectivity index (χ1v) is 10.6. The van der Waals surface area contributed by atoms with Crippen molar-refractivity contribution in [2.75, 3.05) is 18.6 Å². The second kappa shape index (κ2) is 10.4. The van der Waals surface area contributed by atoms with Gasteiger partial charge in [-0.3, -0.25) is 15.2 Å². The molecule has 36 heavy (non-hydrogen) atoms. The average molecular weight is 497 g/mol. The molecule has 0 fully saturated rings. The van der Waals surface area contributed by atoms with Crippen LogP contribution < -0.4 is 10.2 Å². The number of guanidine groups is 1. The minimum absolute atomic E-state index is 0.0303. The van der Waals surface area contributed by atoms with Crippen LogP contribution >= 0.6 is 0 Å². The Morgan fingerprint density at radius 3 is 2.47 bits per heavy atom. The first-order chi connectivity index (χ1) is 17.0. The molecule has 0 bridgehead atoms. The Hall–Kier alpha value is -4.59. The number of nitriles is 1. The highest BCUT2D eigenvalue weighted by atomic mass is 19.4. The van der Waals surface area contributed by atoms with E-state index in [2.05, 4.69) is 11.9 Å². The summed E-state index contributed by atoms with van der Waals surface area (Å²) in [6.45, 7) is 5.02. The highest BCUT2D eigenvalue weighted by Gasteiger charge is 2.44. The Morgan fingerprint density at radius 1 is 1.25 bits per heavy atom. The van der Waals surface area contributed by atoms with Crippen LogP contribution in [-0.2, 0) is 15.7 Å². The molecular weight excluding hydrogens is 475 g/mol. The number of nitrogens with zero attached hydrogens (tertiary/aromatic N) is 3. The summed E-state index contributed by atoms with van der Waals surface area (Å²) in [6.07, 6.45) is -3.24. The number of methoxy groups -OCH3 is 1. The molecule has 0 aromatic heterocycles. The van der Waals surface area contributed by atoms with Gasteiger partial charge in [-0.25, -0.2) is 9.59 Å². The molecule has 8 nitrogen and oxygen atoms in total. The number of alkyl halides is 3. The van der Waals surface area contributed by atoms with Gasteiger partial charge in [-0.05, 0) is 42.8 Å². The number of carbonyl (C=O) groups is 2. The van der Waals surface area contributed by atoms with Gasteiger partial charge < -0.3 is 10.1 Å². The minimum Gasteiger partial charge on any atom is -0.466 e. The lowest BCUT2D eigenvalue weighted by Crippen LogP contribution is -2.56. The second-order valence-electron chi connectivity index (χ2n) is 7.68. The van der Waals surface area contributed by atoms with Crippen LogP contribution in [0.3, 0.4) is 0 Å². The van der Waals surface area contributed by atoms with E-state index >= 15 is 0 Å². The molecule has 1 unspecified atom stereocenters. The molecule has 2 aromatic rings. The van der Waals surface area contributed by atoms with Crippen molar-refractivity contribution in [3.8, 4) is 6.07 Å². The minimum atomic E-state index is -4.65. The summed E-state index contributed by atoms with van der Waals surface area (Å²) in [6, 6.07) is 10.3. The summed E-state index contributed by atoms with van der Waals surface area (Å²) in [5.74, 6) is -1.33. The number of carbonyl (C=O) groups excluding carboxylic acids is 2. The fraction of sp³-hybridized carbons (Fsp3) is 0.200. The van der Waals surface area contributed by atoms with E-state index in [1.807, 2.05) is 6.07 Å². The van der Waals surface area contributed by atoms with E-state index in [4.69, 9.17) is 15.4 Å². The topological polar surface area (TPSA) is 110 Å². The summed E-state index contributed by atoms with van der Waals surface area (Å²) in [7, 11) is 1.13. The molecule has 0 radical (unpaired) electrons. The molecule has 1 atom stereocenters. The van der Waals surface area contributed by atoms with Crippen molar-refractivity contribution < 1.29 is 27.5 Å². The SMILES string of the molecule is C=CCNC(=O)N1C(=N)N(c2cccc(C(F)(F)F)c2)C(C)=C(C(=O)OC)C1c1ccc(C#N)cc1. The van der Waals surface area contributed by atoms with Gasteiger partial charge in [0.2, 0.25) is 5.96 Å². The van der Waals surface area contributed by atoms with E-state index in [1.165, 1.54) is 49.4 Å². The number of nitrogens with one attached hydrogen (secondary N) is 2. The molecule has 0 saturated carbocycles. The Balaban J connectivity index is 2.29. The first kappa shape index (κ1) is 26.0. The zero-order chi connectivity index (χ0) is 26.6. The lowest BCUT2D eigenvalue weighted by Gasteiger charge is -2.43. The van der Waals surface area contributed by atoms with Crippen molar-refractivity contribution in [1.82, 2.24) is 10.2 Å². The Morgan fingerprint density at radius 2 is 1.92 bits per heavy atom. The van der Waals surface area contributed by atoms with Crippen LogP contribution in [0.25, 0.3) is 0 Å². The van der Waals surface area contributed by atoms with Crippen LogP contribution in [0.2, 0.25) is 0 Å². The number of esters is 1. The van der Waals surface area contributed by atoms with Crippen molar-refractivity contribution in [1.29, 1.82) is 10.7 Å². The lowest BCUT2D eigenvalue weighted by molar-refractivity contribution is -0.138. The molecule has 186 valence electrons. The molecular formula is C25H22F3N5O3. The third-order valence-electron chi connectivity index (χ3n) is 5.51. The smallest absolute Gasteiger partial charge is 0.416 e. The van der Waals surface area contributed by atoms with Crippen molar-refractivity contribution in [2.24, 2.45) is 0 Å². The van der Waals surface area contributed by atoms with Crippen molar-refractivity contribution >= 4 is 23.6 Å². The standard InChI is InChI=1S/C25H22F3N5O3/c1-4-12-31-24(35)33-21(17-10-8-16(14-29)9-11-17)20(22(34)36-3)15(2)32(23(33)30)19-7-5-6-18(13-19)25(26,27)28/h4-11,13,21,30H,1,12H2,2-3H3,(H,31,35). The predicted octanol–water partition coefficient (Wildman–Crippen LogP) is 4.72. The first-order valence-electron chi connectivity index (χ1n) is 10.6. The number of urea groups is 1.